The Morgan fingerprint density at radius 3 is 2.43 bits per heavy atom. The number of carbonyl (C=O) groups excluding carboxylic acids is 1. The molecule has 1 saturated heterocycles. The summed E-state index contributed by atoms with van der Waals surface area (Å²) in [4.78, 5) is 14.8. The zero-order chi connectivity index (χ0) is 16.6. The molecule has 0 bridgehead atoms. The first kappa shape index (κ1) is 16.5. The van der Waals surface area contributed by atoms with Crippen molar-refractivity contribution in [3.05, 3.63) is 68.5 Å². The van der Waals surface area contributed by atoms with Gasteiger partial charge in [-0.1, -0.05) is 70.9 Å². The van der Waals surface area contributed by atoms with Crippen LogP contribution in [-0.2, 0) is 4.79 Å². The fourth-order valence-electron chi connectivity index (χ4n) is 2.14. The molecule has 0 unspecified atom stereocenters. The van der Waals surface area contributed by atoms with Gasteiger partial charge in [-0.2, -0.15) is 0 Å². The molecule has 1 amide bonds. The molecule has 0 aliphatic carbocycles. The lowest BCUT2D eigenvalue weighted by Gasteiger charge is -2.14. The van der Waals surface area contributed by atoms with Gasteiger partial charge in [-0.15, -0.1) is 0 Å². The van der Waals surface area contributed by atoms with Gasteiger partial charge < -0.3 is 0 Å². The molecule has 1 fully saturated rings. The third-order valence-electron chi connectivity index (χ3n) is 3.33. The van der Waals surface area contributed by atoms with Crippen LogP contribution in [0.3, 0.4) is 0 Å². The van der Waals surface area contributed by atoms with Gasteiger partial charge in [0.05, 0.1) is 20.6 Å². The largest absolute Gasteiger partial charge is 0.270 e. The highest BCUT2D eigenvalue weighted by atomic mass is 35.5. The Kier molecular flexibility index (Phi) is 4.78. The predicted octanol–water partition coefficient (Wildman–Crippen LogP) is 5.71. The number of thioether (sulfide) groups is 1. The van der Waals surface area contributed by atoms with E-state index in [0.717, 1.165) is 16.8 Å². The maximum Gasteiger partial charge on any atom is 0.270 e. The molecule has 0 spiro atoms. The van der Waals surface area contributed by atoms with E-state index < -0.39 is 0 Å². The van der Waals surface area contributed by atoms with Crippen LogP contribution in [0.15, 0.2) is 47.4 Å². The number of amides is 1. The second-order valence-electron chi connectivity index (χ2n) is 5.03. The third kappa shape index (κ3) is 3.45. The molecule has 0 N–H and O–H groups in total. The molecule has 1 heterocycles. The SMILES string of the molecule is Cc1ccc(N2C(=O)/C(=C/c3ccc(Cl)c(Cl)c3)SC2=S)cc1. The first-order valence-corrected chi connectivity index (χ1v) is 8.73. The molecule has 2 aromatic rings. The van der Waals surface area contributed by atoms with Gasteiger partial charge in [-0.05, 0) is 42.8 Å². The zero-order valence-corrected chi connectivity index (χ0v) is 15.2. The van der Waals surface area contributed by atoms with E-state index in [2.05, 4.69) is 0 Å². The molecule has 23 heavy (non-hydrogen) atoms. The highest BCUT2D eigenvalue weighted by Gasteiger charge is 2.33. The quantitative estimate of drug-likeness (QED) is 0.492. The van der Waals surface area contributed by atoms with Crippen LogP contribution < -0.4 is 4.90 Å². The first-order chi connectivity index (χ1) is 11.0. The number of benzene rings is 2. The molecule has 116 valence electrons. The standard InChI is InChI=1S/C17H11Cl2NOS2/c1-10-2-5-12(6-3-10)20-16(21)15(23-17(20)22)9-11-4-7-13(18)14(19)8-11/h2-9H,1H3/b15-9-. The van der Waals surface area contributed by atoms with Crippen LogP contribution >= 0.6 is 47.2 Å². The van der Waals surface area contributed by atoms with E-state index in [1.165, 1.54) is 11.8 Å². The van der Waals surface area contributed by atoms with Crippen LogP contribution in [-0.4, -0.2) is 10.2 Å². The Morgan fingerprint density at radius 1 is 1.09 bits per heavy atom. The van der Waals surface area contributed by atoms with Crippen LogP contribution in [0.1, 0.15) is 11.1 Å². The van der Waals surface area contributed by atoms with Gasteiger partial charge in [-0.25, -0.2) is 0 Å². The first-order valence-electron chi connectivity index (χ1n) is 6.75. The summed E-state index contributed by atoms with van der Waals surface area (Å²) in [7, 11) is 0. The molecule has 1 aliphatic rings. The van der Waals surface area contributed by atoms with Crippen molar-refractivity contribution in [3.8, 4) is 0 Å². The molecule has 0 aromatic heterocycles. The van der Waals surface area contributed by atoms with Crippen LogP contribution in [0.5, 0.6) is 0 Å². The van der Waals surface area contributed by atoms with E-state index in [1.54, 1.807) is 23.1 Å². The van der Waals surface area contributed by atoms with Crippen LogP contribution in [0.25, 0.3) is 6.08 Å². The highest BCUT2D eigenvalue weighted by molar-refractivity contribution is 8.27. The van der Waals surface area contributed by atoms with Crippen molar-refractivity contribution in [2.24, 2.45) is 0 Å². The monoisotopic (exact) mass is 379 g/mol. The van der Waals surface area contributed by atoms with Gasteiger partial charge in [0.1, 0.15) is 0 Å². The van der Waals surface area contributed by atoms with Gasteiger partial charge in [0.15, 0.2) is 4.32 Å². The summed E-state index contributed by atoms with van der Waals surface area (Å²) in [6.07, 6.45) is 1.77. The number of aryl methyl sites for hydroxylation is 1. The number of hydrogen-bond acceptors (Lipinski definition) is 3. The summed E-state index contributed by atoms with van der Waals surface area (Å²) in [6, 6.07) is 12.9. The van der Waals surface area contributed by atoms with E-state index in [0.29, 0.717) is 19.3 Å². The van der Waals surface area contributed by atoms with Crippen molar-refractivity contribution >= 4 is 69.2 Å². The molecule has 1 aliphatic heterocycles. The summed E-state index contributed by atoms with van der Waals surface area (Å²) in [5.74, 6) is -0.130. The number of thiocarbonyl (C=S) groups is 1. The van der Waals surface area contributed by atoms with E-state index in [9.17, 15) is 4.79 Å². The summed E-state index contributed by atoms with van der Waals surface area (Å²) < 4.78 is 0.519. The second-order valence-corrected chi connectivity index (χ2v) is 7.52. The molecule has 2 aromatic carbocycles. The Hall–Kier alpha value is -1.33. The molecular formula is C17H11Cl2NOS2. The van der Waals surface area contributed by atoms with Crippen molar-refractivity contribution in [1.82, 2.24) is 0 Å². The minimum Gasteiger partial charge on any atom is -0.268 e. The van der Waals surface area contributed by atoms with Crippen molar-refractivity contribution in [2.75, 3.05) is 4.90 Å². The number of hydrogen-bond donors (Lipinski definition) is 0. The molecule has 6 heteroatoms. The lowest BCUT2D eigenvalue weighted by Crippen LogP contribution is -2.27. The van der Waals surface area contributed by atoms with Gasteiger partial charge in [-0.3, -0.25) is 9.69 Å². The normalized spacial score (nSPS) is 16.5. The van der Waals surface area contributed by atoms with Crippen molar-refractivity contribution in [3.63, 3.8) is 0 Å². The molecule has 0 radical (unpaired) electrons. The van der Waals surface area contributed by atoms with E-state index >= 15 is 0 Å². The molecular weight excluding hydrogens is 369 g/mol. The lowest BCUT2D eigenvalue weighted by atomic mass is 10.2. The van der Waals surface area contributed by atoms with Crippen molar-refractivity contribution in [2.45, 2.75) is 6.92 Å². The average Bonchev–Trinajstić information content (AvgIpc) is 2.79. The number of halogens is 2. The average molecular weight is 380 g/mol. The summed E-state index contributed by atoms with van der Waals surface area (Å²) >= 11 is 18.6. The number of carbonyl (C=O) groups is 1. The van der Waals surface area contributed by atoms with Crippen molar-refractivity contribution < 1.29 is 4.79 Å². The van der Waals surface area contributed by atoms with Gasteiger partial charge in [0.25, 0.3) is 5.91 Å². The topological polar surface area (TPSA) is 20.3 Å². The Balaban J connectivity index is 1.92. The minimum absolute atomic E-state index is 0.130. The minimum atomic E-state index is -0.130. The summed E-state index contributed by atoms with van der Waals surface area (Å²) in [5, 5.41) is 0.936. The fourth-order valence-corrected chi connectivity index (χ4v) is 3.74. The van der Waals surface area contributed by atoms with E-state index in [4.69, 9.17) is 35.4 Å². The van der Waals surface area contributed by atoms with Gasteiger partial charge in [0, 0.05) is 0 Å². The molecule has 3 rings (SSSR count). The highest BCUT2D eigenvalue weighted by Crippen LogP contribution is 2.36. The number of nitrogens with zero attached hydrogens (tertiary/aromatic N) is 1. The smallest absolute Gasteiger partial charge is 0.268 e. The second kappa shape index (κ2) is 6.65. The maximum atomic E-state index is 12.6. The Morgan fingerprint density at radius 2 is 1.78 bits per heavy atom. The number of rotatable bonds is 2. The maximum absolute atomic E-state index is 12.6. The third-order valence-corrected chi connectivity index (χ3v) is 5.37. The molecule has 0 atom stereocenters. The predicted molar refractivity (Wildman–Crippen MR) is 103 cm³/mol. The molecule has 2 nitrogen and oxygen atoms in total. The van der Waals surface area contributed by atoms with Gasteiger partial charge in [0.2, 0.25) is 0 Å². The Bertz CT molecular complexity index is 831. The summed E-state index contributed by atoms with van der Waals surface area (Å²) in [6.45, 7) is 2.00. The Labute approximate surface area is 154 Å². The number of anilines is 1. The van der Waals surface area contributed by atoms with Crippen molar-refractivity contribution in [1.29, 1.82) is 0 Å². The van der Waals surface area contributed by atoms with E-state index in [1.807, 2.05) is 37.3 Å². The van der Waals surface area contributed by atoms with Gasteiger partial charge >= 0.3 is 0 Å². The fraction of sp³-hybridized carbons (Fsp3) is 0.0588. The van der Waals surface area contributed by atoms with E-state index in [-0.39, 0.29) is 5.91 Å². The van der Waals surface area contributed by atoms with Crippen LogP contribution in [0.4, 0.5) is 5.69 Å². The lowest BCUT2D eigenvalue weighted by molar-refractivity contribution is -0.113. The molecule has 0 saturated carbocycles. The van der Waals surface area contributed by atoms with Crippen LogP contribution in [0.2, 0.25) is 10.0 Å². The van der Waals surface area contributed by atoms with Crippen LogP contribution in [0, 0.1) is 6.92 Å². The zero-order valence-electron chi connectivity index (χ0n) is 12.0. The summed E-state index contributed by atoms with van der Waals surface area (Å²) in [5.41, 5.74) is 2.71.